The maximum absolute atomic E-state index is 12.2. The number of anilines is 2. The van der Waals surface area contributed by atoms with Crippen molar-refractivity contribution in [2.24, 2.45) is 5.73 Å². The van der Waals surface area contributed by atoms with Crippen molar-refractivity contribution < 1.29 is 18.0 Å². The van der Waals surface area contributed by atoms with Gasteiger partial charge in [0.25, 0.3) is 0 Å². The molecule has 9 heteroatoms. The molecule has 0 atom stereocenters. The van der Waals surface area contributed by atoms with Gasteiger partial charge in [0.15, 0.2) is 0 Å². The molecule has 25 heavy (non-hydrogen) atoms. The third-order valence-corrected chi connectivity index (χ3v) is 4.61. The van der Waals surface area contributed by atoms with Gasteiger partial charge in [-0.1, -0.05) is 17.7 Å². The van der Waals surface area contributed by atoms with Gasteiger partial charge in [0, 0.05) is 16.3 Å². The van der Waals surface area contributed by atoms with Gasteiger partial charge in [-0.2, -0.15) is 0 Å². The van der Waals surface area contributed by atoms with Crippen molar-refractivity contribution >= 4 is 44.8 Å². The van der Waals surface area contributed by atoms with Crippen LogP contribution in [0.25, 0.3) is 0 Å². The van der Waals surface area contributed by atoms with E-state index in [0.29, 0.717) is 16.3 Å². The molecule has 0 saturated heterocycles. The number of nitrogens with two attached hydrogens (primary N) is 1. The van der Waals surface area contributed by atoms with E-state index in [1.807, 2.05) is 0 Å². The number of hydrogen-bond acceptors (Lipinski definition) is 4. The lowest BCUT2D eigenvalue weighted by Crippen LogP contribution is -2.37. The van der Waals surface area contributed by atoms with Gasteiger partial charge in [-0.05, 0) is 42.5 Å². The maximum Gasteiger partial charge on any atom is 0.248 e. The van der Waals surface area contributed by atoms with Crippen LogP contribution in [0.3, 0.4) is 0 Å². The van der Waals surface area contributed by atoms with E-state index in [4.69, 9.17) is 17.3 Å². The Kier molecular flexibility index (Phi) is 5.66. The third kappa shape index (κ3) is 5.20. The second-order valence-corrected chi connectivity index (χ2v) is 7.58. The van der Waals surface area contributed by atoms with Gasteiger partial charge in [0.1, 0.15) is 6.54 Å². The molecule has 0 aromatic heterocycles. The Labute approximate surface area is 150 Å². The molecular formula is C16H16ClN3O4S. The molecule has 0 aliphatic carbocycles. The van der Waals surface area contributed by atoms with Gasteiger partial charge < -0.3 is 11.1 Å². The van der Waals surface area contributed by atoms with Crippen molar-refractivity contribution in [3.05, 3.63) is 59.1 Å². The summed E-state index contributed by atoms with van der Waals surface area (Å²) in [6, 6.07) is 12.1. The molecule has 0 unspecified atom stereocenters. The van der Waals surface area contributed by atoms with Crippen LogP contribution in [0, 0.1) is 0 Å². The predicted molar refractivity (Wildman–Crippen MR) is 97.2 cm³/mol. The Hall–Kier alpha value is -2.58. The number of sulfonamides is 1. The highest BCUT2D eigenvalue weighted by molar-refractivity contribution is 7.92. The number of rotatable bonds is 6. The van der Waals surface area contributed by atoms with Gasteiger partial charge in [0.05, 0.1) is 11.9 Å². The van der Waals surface area contributed by atoms with E-state index in [9.17, 15) is 18.0 Å². The second kappa shape index (κ2) is 7.54. The molecule has 0 aliphatic rings. The van der Waals surface area contributed by atoms with E-state index >= 15 is 0 Å². The summed E-state index contributed by atoms with van der Waals surface area (Å²) < 4.78 is 25.0. The van der Waals surface area contributed by atoms with E-state index in [0.717, 1.165) is 10.6 Å². The van der Waals surface area contributed by atoms with E-state index < -0.39 is 28.4 Å². The summed E-state index contributed by atoms with van der Waals surface area (Å²) >= 11 is 5.89. The molecule has 2 amide bonds. The van der Waals surface area contributed by atoms with E-state index in [2.05, 4.69) is 5.32 Å². The zero-order valence-electron chi connectivity index (χ0n) is 13.3. The van der Waals surface area contributed by atoms with Crippen LogP contribution < -0.4 is 15.4 Å². The predicted octanol–water partition coefficient (Wildman–Crippen LogP) is 1.84. The topological polar surface area (TPSA) is 110 Å². The van der Waals surface area contributed by atoms with Crippen molar-refractivity contribution in [2.45, 2.75) is 0 Å². The van der Waals surface area contributed by atoms with E-state index in [1.54, 1.807) is 18.2 Å². The highest BCUT2D eigenvalue weighted by Crippen LogP contribution is 2.21. The van der Waals surface area contributed by atoms with Crippen molar-refractivity contribution in [1.82, 2.24) is 0 Å². The summed E-state index contributed by atoms with van der Waals surface area (Å²) in [5.41, 5.74) is 6.14. The van der Waals surface area contributed by atoms with E-state index in [-0.39, 0.29) is 5.69 Å². The Balaban J connectivity index is 2.16. The monoisotopic (exact) mass is 381 g/mol. The number of amides is 2. The first-order valence-electron chi connectivity index (χ1n) is 7.10. The minimum Gasteiger partial charge on any atom is -0.366 e. The molecular weight excluding hydrogens is 366 g/mol. The molecule has 2 rings (SSSR count). The maximum atomic E-state index is 12.2. The molecule has 0 spiro atoms. The first-order valence-corrected chi connectivity index (χ1v) is 9.32. The normalized spacial score (nSPS) is 11.0. The van der Waals surface area contributed by atoms with Gasteiger partial charge in [-0.25, -0.2) is 8.42 Å². The number of benzene rings is 2. The Bertz CT molecular complexity index is 898. The van der Waals surface area contributed by atoms with Crippen molar-refractivity contribution in [3.8, 4) is 0 Å². The van der Waals surface area contributed by atoms with Crippen LogP contribution in [0.1, 0.15) is 10.4 Å². The molecule has 2 aromatic carbocycles. The number of carbonyl (C=O) groups excluding carboxylic acids is 2. The average molecular weight is 382 g/mol. The molecule has 0 aliphatic heterocycles. The lowest BCUT2D eigenvalue weighted by atomic mass is 10.2. The van der Waals surface area contributed by atoms with E-state index in [1.165, 1.54) is 30.3 Å². The van der Waals surface area contributed by atoms with Crippen LogP contribution in [-0.2, 0) is 14.8 Å². The molecule has 0 saturated carbocycles. The fraction of sp³-hybridized carbons (Fsp3) is 0.125. The number of halogens is 1. The number of carbonyl (C=O) groups is 2. The average Bonchev–Trinajstić information content (AvgIpc) is 2.52. The van der Waals surface area contributed by atoms with Crippen LogP contribution >= 0.6 is 11.6 Å². The standard InChI is InChI=1S/C16H16ClN3O4S/c1-25(23,24)20(14-4-2-3-12(17)9-14)10-15(21)19-13-7-5-11(6-8-13)16(18)22/h2-9H,10H2,1H3,(H2,18,22)(H,19,21). The van der Waals surface area contributed by atoms with Gasteiger partial charge in [0.2, 0.25) is 21.8 Å². The first kappa shape index (κ1) is 18.8. The number of primary amides is 1. The number of nitrogens with zero attached hydrogens (tertiary/aromatic N) is 1. The molecule has 2 aromatic rings. The van der Waals surface area contributed by atoms with Gasteiger partial charge in [-0.15, -0.1) is 0 Å². The lowest BCUT2D eigenvalue weighted by molar-refractivity contribution is -0.114. The Morgan fingerprint density at radius 1 is 1.16 bits per heavy atom. The van der Waals surface area contributed by atoms with Gasteiger partial charge >= 0.3 is 0 Å². The molecule has 132 valence electrons. The second-order valence-electron chi connectivity index (χ2n) is 5.24. The Morgan fingerprint density at radius 2 is 1.80 bits per heavy atom. The first-order chi connectivity index (χ1) is 11.7. The van der Waals surface area contributed by atoms with Crippen LogP contribution in [-0.4, -0.2) is 33.0 Å². The summed E-state index contributed by atoms with van der Waals surface area (Å²) in [5.74, 6) is -1.13. The number of nitrogens with one attached hydrogen (secondary N) is 1. The molecule has 0 heterocycles. The Morgan fingerprint density at radius 3 is 2.32 bits per heavy atom. The highest BCUT2D eigenvalue weighted by atomic mass is 35.5. The van der Waals surface area contributed by atoms with Crippen LogP contribution in [0.15, 0.2) is 48.5 Å². The summed E-state index contributed by atoms with van der Waals surface area (Å²) in [6.07, 6.45) is 1.00. The smallest absolute Gasteiger partial charge is 0.248 e. The lowest BCUT2D eigenvalue weighted by Gasteiger charge is -2.22. The highest BCUT2D eigenvalue weighted by Gasteiger charge is 2.21. The number of hydrogen-bond donors (Lipinski definition) is 2. The SMILES string of the molecule is CS(=O)(=O)N(CC(=O)Nc1ccc(C(N)=O)cc1)c1cccc(Cl)c1. The minimum absolute atomic E-state index is 0.286. The van der Waals surface area contributed by atoms with Crippen molar-refractivity contribution in [3.63, 3.8) is 0 Å². The molecule has 7 nitrogen and oxygen atoms in total. The third-order valence-electron chi connectivity index (χ3n) is 3.24. The summed E-state index contributed by atoms with van der Waals surface area (Å²) in [6.45, 7) is -0.420. The quantitative estimate of drug-likeness (QED) is 0.795. The summed E-state index contributed by atoms with van der Waals surface area (Å²) in [4.78, 5) is 23.2. The van der Waals surface area contributed by atoms with Gasteiger partial charge in [-0.3, -0.25) is 13.9 Å². The largest absolute Gasteiger partial charge is 0.366 e. The molecule has 3 N–H and O–H groups in total. The summed E-state index contributed by atoms with van der Waals surface area (Å²) in [7, 11) is -3.69. The minimum atomic E-state index is -3.69. The summed E-state index contributed by atoms with van der Waals surface area (Å²) in [5, 5.41) is 2.92. The van der Waals surface area contributed by atoms with Crippen LogP contribution in [0.2, 0.25) is 5.02 Å². The molecule has 0 bridgehead atoms. The molecule has 0 radical (unpaired) electrons. The van der Waals surface area contributed by atoms with Crippen molar-refractivity contribution in [2.75, 3.05) is 22.4 Å². The zero-order chi connectivity index (χ0) is 18.6. The van der Waals surface area contributed by atoms with Crippen LogP contribution in [0.5, 0.6) is 0 Å². The molecule has 0 fully saturated rings. The van der Waals surface area contributed by atoms with Crippen molar-refractivity contribution in [1.29, 1.82) is 0 Å². The fourth-order valence-electron chi connectivity index (χ4n) is 2.08. The van der Waals surface area contributed by atoms with Crippen LogP contribution in [0.4, 0.5) is 11.4 Å². The zero-order valence-corrected chi connectivity index (χ0v) is 14.8. The fourth-order valence-corrected chi connectivity index (χ4v) is 3.11.